The molecule has 2 aliphatic carbocycles. The summed E-state index contributed by atoms with van der Waals surface area (Å²) in [7, 11) is -4.96. The number of nitrogens with zero attached hydrogens (tertiary/aromatic N) is 1. The summed E-state index contributed by atoms with van der Waals surface area (Å²) in [5.74, 6) is -0.333. The Hall–Kier alpha value is -2.71. The minimum Gasteiger partial charge on any atom is -0.447 e. The lowest BCUT2D eigenvalue weighted by Gasteiger charge is -2.30. The third-order valence-corrected chi connectivity index (χ3v) is 9.64. The summed E-state index contributed by atoms with van der Waals surface area (Å²) in [6.45, 7) is 4.64. The van der Waals surface area contributed by atoms with Crippen LogP contribution in [0.5, 0.6) is 0 Å². The molecule has 2 saturated heterocycles. The predicted molar refractivity (Wildman–Crippen MR) is 147 cm³/mol. The molecule has 4 rings (SSSR count). The number of aliphatic hydroxyl groups is 1. The van der Waals surface area contributed by atoms with Crippen LogP contribution in [0.1, 0.15) is 58.8 Å². The molecule has 41 heavy (non-hydrogen) atoms. The number of carbonyl (C=O) groups is 4. The average Bonchev–Trinajstić information content (AvgIpc) is 3.68. The second-order valence-corrected chi connectivity index (χ2v) is 13.7. The van der Waals surface area contributed by atoms with E-state index in [2.05, 4.69) is 28.1 Å². The summed E-state index contributed by atoms with van der Waals surface area (Å²) in [5.41, 5.74) is -2.36. The highest BCUT2D eigenvalue weighted by atomic mass is 32.2. The number of hydrogen-bond donors (Lipinski definition) is 5. The normalized spacial score (nSPS) is 29.5. The molecule has 0 radical (unpaired) electrons. The van der Waals surface area contributed by atoms with Gasteiger partial charge >= 0.3 is 6.09 Å². The van der Waals surface area contributed by atoms with Crippen molar-refractivity contribution >= 4 is 33.9 Å². The molecule has 0 aromatic carbocycles. The van der Waals surface area contributed by atoms with Crippen LogP contribution >= 0.6 is 0 Å². The van der Waals surface area contributed by atoms with Gasteiger partial charge in [0.2, 0.25) is 23.2 Å². The van der Waals surface area contributed by atoms with E-state index in [0.717, 1.165) is 12.8 Å². The van der Waals surface area contributed by atoms with Gasteiger partial charge in [-0.2, -0.15) is 8.42 Å². The molecule has 230 valence electrons. The third kappa shape index (κ3) is 7.98. The van der Waals surface area contributed by atoms with E-state index in [-0.39, 0.29) is 43.2 Å². The lowest BCUT2D eigenvalue weighted by molar-refractivity contribution is -0.130. The Morgan fingerprint density at radius 1 is 1.17 bits per heavy atom. The molecule has 0 spiro atoms. The van der Waals surface area contributed by atoms with E-state index in [4.69, 9.17) is 4.74 Å². The molecule has 3 fully saturated rings. The van der Waals surface area contributed by atoms with Gasteiger partial charge in [-0.15, -0.1) is 0 Å². The molecule has 0 aromatic heterocycles. The topological polar surface area (TPSA) is 191 Å². The molecule has 5 N–H and O–H groups in total. The van der Waals surface area contributed by atoms with Crippen LogP contribution in [-0.2, 0) is 29.2 Å². The minimum atomic E-state index is -4.96. The van der Waals surface area contributed by atoms with E-state index in [9.17, 15) is 37.3 Å². The summed E-state index contributed by atoms with van der Waals surface area (Å²) in [6.07, 6.45) is 7.10. The standard InChI is InChI=1S/C27H42N4O9S/c1-15(2)9-21(25(34)29-22(26(35)41(37,38)39)12-18-7-8-28-24(18)33)30-27(36)40-14-20-5-6-23(32)31(20)13-19-11-16-3-4-17(19)10-16/h3-4,15-22,26,35H,5-14H2,1-2H3,(H,28,33)(H,29,34)(H,30,36)(H,37,38,39)/t16-,17+,18+,19-,20+,21+,22+,26?/m1/s1. The number of aliphatic hydroxyl groups excluding tert-OH is 1. The van der Waals surface area contributed by atoms with Crippen molar-refractivity contribution in [3.05, 3.63) is 12.2 Å². The van der Waals surface area contributed by atoms with Crippen LogP contribution in [0.3, 0.4) is 0 Å². The second-order valence-electron chi connectivity index (χ2n) is 12.2. The number of nitrogens with one attached hydrogen (secondary N) is 3. The number of amides is 4. The maximum Gasteiger partial charge on any atom is 0.407 e. The number of carbonyl (C=O) groups excluding carboxylic acids is 4. The van der Waals surface area contributed by atoms with Crippen molar-refractivity contribution in [1.82, 2.24) is 20.9 Å². The molecule has 0 aromatic rings. The van der Waals surface area contributed by atoms with Gasteiger partial charge in [0.15, 0.2) is 0 Å². The summed E-state index contributed by atoms with van der Waals surface area (Å²) in [4.78, 5) is 52.4. The van der Waals surface area contributed by atoms with Crippen LogP contribution in [-0.4, -0.2) is 90.0 Å². The Labute approximate surface area is 240 Å². The van der Waals surface area contributed by atoms with Crippen LogP contribution < -0.4 is 16.0 Å². The number of fused-ring (bicyclic) bond motifs is 2. The van der Waals surface area contributed by atoms with Crippen LogP contribution in [0.4, 0.5) is 4.79 Å². The van der Waals surface area contributed by atoms with Gasteiger partial charge in [0.05, 0.1) is 12.1 Å². The highest BCUT2D eigenvalue weighted by Gasteiger charge is 2.41. The first-order chi connectivity index (χ1) is 19.3. The van der Waals surface area contributed by atoms with Crippen LogP contribution in [0, 0.1) is 29.6 Å². The number of ether oxygens (including phenoxy) is 1. The molecule has 8 atom stereocenters. The van der Waals surface area contributed by atoms with E-state index >= 15 is 0 Å². The number of rotatable bonds is 13. The van der Waals surface area contributed by atoms with E-state index in [1.165, 1.54) is 0 Å². The van der Waals surface area contributed by atoms with Crippen LogP contribution in [0.15, 0.2) is 12.2 Å². The van der Waals surface area contributed by atoms with Crippen LogP contribution in [0.2, 0.25) is 0 Å². The van der Waals surface area contributed by atoms with E-state index < -0.39 is 45.6 Å². The van der Waals surface area contributed by atoms with Crippen LogP contribution in [0.25, 0.3) is 0 Å². The maximum atomic E-state index is 13.2. The highest BCUT2D eigenvalue weighted by Crippen LogP contribution is 2.44. The molecular weight excluding hydrogens is 556 g/mol. The van der Waals surface area contributed by atoms with E-state index in [1.54, 1.807) is 0 Å². The molecule has 1 saturated carbocycles. The Morgan fingerprint density at radius 2 is 1.93 bits per heavy atom. The lowest BCUT2D eigenvalue weighted by atomic mass is 9.93. The van der Waals surface area contributed by atoms with Crippen molar-refractivity contribution in [1.29, 1.82) is 0 Å². The fourth-order valence-electron chi connectivity index (χ4n) is 6.55. The van der Waals surface area contributed by atoms with Crippen molar-refractivity contribution in [3.8, 4) is 0 Å². The van der Waals surface area contributed by atoms with Gasteiger partial charge in [-0.05, 0) is 62.2 Å². The van der Waals surface area contributed by atoms with Crippen molar-refractivity contribution in [2.75, 3.05) is 19.7 Å². The first-order valence-electron chi connectivity index (χ1n) is 14.4. The lowest BCUT2D eigenvalue weighted by Crippen LogP contribution is -2.55. The summed E-state index contributed by atoms with van der Waals surface area (Å²) < 4.78 is 38.2. The number of allylic oxidation sites excluding steroid dienone is 2. The maximum absolute atomic E-state index is 13.2. The highest BCUT2D eigenvalue weighted by molar-refractivity contribution is 7.86. The quantitative estimate of drug-likeness (QED) is 0.149. The first-order valence-corrected chi connectivity index (χ1v) is 16.0. The molecular formula is C27H42N4O9S. The van der Waals surface area contributed by atoms with E-state index in [1.807, 2.05) is 18.7 Å². The Balaban J connectivity index is 1.34. The zero-order valence-electron chi connectivity index (χ0n) is 23.5. The summed E-state index contributed by atoms with van der Waals surface area (Å²) in [5, 5.41) is 17.8. The molecule has 13 nitrogen and oxygen atoms in total. The number of alkyl carbamates (subject to hydrolysis) is 1. The monoisotopic (exact) mass is 598 g/mol. The summed E-state index contributed by atoms with van der Waals surface area (Å²) >= 11 is 0. The van der Waals surface area contributed by atoms with Gasteiger partial charge < -0.3 is 30.7 Å². The van der Waals surface area contributed by atoms with Gasteiger partial charge in [0, 0.05) is 25.4 Å². The fourth-order valence-corrected chi connectivity index (χ4v) is 7.14. The van der Waals surface area contributed by atoms with E-state index in [0.29, 0.717) is 50.1 Å². The van der Waals surface area contributed by atoms with Gasteiger partial charge in [0.1, 0.15) is 12.6 Å². The predicted octanol–water partition coefficient (Wildman–Crippen LogP) is 0.548. The second kappa shape index (κ2) is 13.1. The first kappa shape index (κ1) is 31.2. The van der Waals surface area contributed by atoms with Crippen molar-refractivity contribution in [2.24, 2.45) is 29.6 Å². The SMILES string of the molecule is CC(C)C[C@H](NC(=O)OC[C@@H]1CCC(=O)N1C[C@H]1C[C@@H]2C=C[C@H]1C2)C(=O)N[C@@H](C[C@@H]1CCNC1=O)C(O)S(=O)(=O)O. The van der Waals surface area contributed by atoms with Gasteiger partial charge in [0.25, 0.3) is 10.1 Å². The van der Waals surface area contributed by atoms with Crippen molar-refractivity contribution in [2.45, 2.75) is 82.4 Å². The van der Waals surface area contributed by atoms with Gasteiger partial charge in [-0.3, -0.25) is 18.9 Å². The largest absolute Gasteiger partial charge is 0.447 e. The molecule has 2 aliphatic heterocycles. The van der Waals surface area contributed by atoms with Gasteiger partial charge in [-0.1, -0.05) is 26.0 Å². The van der Waals surface area contributed by atoms with Crippen molar-refractivity contribution < 1.29 is 42.0 Å². The zero-order chi connectivity index (χ0) is 29.9. The van der Waals surface area contributed by atoms with Gasteiger partial charge in [-0.25, -0.2) is 4.79 Å². The molecule has 2 heterocycles. The average molecular weight is 599 g/mol. The summed E-state index contributed by atoms with van der Waals surface area (Å²) in [6, 6.07) is -2.88. The number of likely N-dealkylation sites (tertiary alicyclic amines) is 1. The Kier molecular flexibility index (Phi) is 9.96. The Morgan fingerprint density at radius 3 is 2.51 bits per heavy atom. The van der Waals surface area contributed by atoms with Crippen molar-refractivity contribution in [3.63, 3.8) is 0 Å². The number of hydrogen-bond acceptors (Lipinski definition) is 8. The molecule has 1 unspecified atom stereocenters. The zero-order valence-corrected chi connectivity index (χ0v) is 24.3. The molecule has 2 bridgehead atoms. The third-order valence-electron chi connectivity index (χ3n) is 8.70. The molecule has 14 heteroatoms. The Bertz CT molecular complexity index is 1140. The molecule has 4 aliphatic rings. The minimum absolute atomic E-state index is 0.0227. The fraction of sp³-hybridized carbons (Fsp3) is 0.778. The smallest absolute Gasteiger partial charge is 0.407 e. The molecule has 4 amide bonds.